The minimum atomic E-state index is 0.163. The van der Waals surface area contributed by atoms with Gasteiger partial charge in [0.15, 0.2) is 5.75 Å². The molecule has 1 atom stereocenters. The van der Waals surface area contributed by atoms with Gasteiger partial charge in [0, 0.05) is 17.4 Å². The third kappa shape index (κ3) is 3.16. The van der Waals surface area contributed by atoms with E-state index in [-0.39, 0.29) is 6.04 Å². The zero-order valence-corrected chi connectivity index (χ0v) is 11.5. The number of rotatable bonds is 4. The number of aromatic nitrogens is 1. The molecule has 0 bridgehead atoms. The quantitative estimate of drug-likeness (QED) is 0.826. The molecule has 4 heteroatoms. The van der Waals surface area contributed by atoms with E-state index in [1.54, 1.807) is 13.3 Å². The standard InChI is InChI=1S/C15H19N3O/c1-10-8-14(15(19-3)9-17-10)18-11(2)12-4-6-13(16)7-5-12/h4-9,11H,16H2,1-3H3,(H,17,18). The Morgan fingerprint density at radius 1 is 1.26 bits per heavy atom. The first-order chi connectivity index (χ1) is 9.10. The van der Waals surface area contributed by atoms with E-state index in [0.29, 0.717) is 0 Å². The second-order valence-electron chi connectivity index (χ2n) is 4.56. The number of nitrogens with one attached hydrogen (secondary N) is 1. The Labute approximate surface area is 113 Å². The van der Waals surface area contributed by atoms with E-state index in [9.17, 15) is 0 Å². The monoisotopic (exact) mass is 257 g/mol. The number of nitrogens with zero attached hydrogens (tertiary/aromatic N) is 1. The SMILES string of the molecule is COc1cnc(C)cc1NC(C)c1ccc(N)cc1. The number of nitrogen functional groups attached to an aromatic ring is 1. The van der Waals surface area contributed by atoms with Crippen LogP contribution in [-0.4, -0.2) is 12.1 Å². The van der Waals surface area contributed by atoms with Crippen molar-refractivity contribution in [3.63, 3.8) is 0 Å². The lowest BCUT2D eigenvalue weighted by atomic mass is 10.1. The lowest BCUT2D eigenvalue weighted by Gasteiger charge is -2.18. The van der Waals surface area contributed by atoms with E-state index < -0.39 is 0 Å². The molecule has 0 aliphatic heterocycles. The predicted octanol–water partition coefficient (Wildman–Crippen LogP) is 3.15. The van der Waals surface area contributed by atoms with Gasteiger partial charge in [-0.1, -0.05) is 12.1 Å². The molecule has 0 fully saturated rings. The average Bonchev–Trinajstić information content (AvgIpc) is 2.39. The van der Waals surface area contributed by atoms with Gasteiger partial charge in [0.1, 0.15) is 0 Å². The third-order valence-corrected chi connectivity index (χ3v) is 3.03. The van der Waals surface area contributed by atoms with Crippen molar-refractivity contribution in [1.82, 2.24) is 4.98 Å². The Kier molecular flexibility index (Phi) is 3.90. The molecule has 0 spiro atoms. The maximum absolute atomic E-state index is 5.70. The maximum Gasteiger partial charge on any atom is 0.160 e. The van der Waals surface area contributed by atoms with Gasteiger partial charge in [0.25, 0.3) is 0 Å². The highest BCUT2D eigenvalue weighted by Crippen LogP contribution is 2.28. The van der Waals surface area contributed by atoms with Crippen molar-refractivity contribution in [3.8, 4) is 5.75 Å². The predicted molar refractivity (Wildman–Crippen MR) is 78.4 cm³/mol. The van der Waals surface area contributed by atoms with Gasteiger partial charge in [0.05, 0.1) is 19.0 Å². The molecule has 1 unspecified atom stereocenters. The summed E-state index contributed by atoms with van der Waals surface area (Å²) in [6.07, 6.45) is 1.73. The second-order valence-corrected chi connectivity index (χ2v) is 4.56. The van der Waals surface area contributed by atoms with Gasteiger partial charge >= 0.3 is 0 Å². The Hall–Kier alpha value is -2.23. The van der Waals surface area contributed by atoms with Gasteiger partial charge in [0.2, 0.25) is 0 Å². The summed E-state index contributed by atoms with van der Waals surface area (Å²) in [7, 11) is 1.64. The zero-order valence-electron chi connectivity index (χ0n) is 11.5. The topological polar surface area (TPSA) is 60.2 Å². The molecule has 0 saturated carbocycles. The lowest BCUT2D eigenvalue weighted by Crippen LogP contribution is -2.08. The fourth-order valence-corrected chi connectivity index (χ4v) is 1.92. The molecule has 0 aliphatic rings. The van der Waals surface area contributed by atoms with Gasteiger partial charge in [-0.25, -0.2) is 0 Å². The lowest BCUT2D eigenvalue weighted by molar-refractivity contribution is 0.414. The number of anilines is 2. The molecule has 100 valence electrons. The number of benzene rings is 1. The van der Waals surface area contributed by atoms with Crippen LogP contribution in [0.5, 0.6) is 5.75 Å². The smallest absolute Gasteiger partial charge is 0.160 e. The summed E-state index contributed by atoms with van der Waals surface area (Å²) in [6.45, 7) is 4.05. The third-order valence-electron chi connectivity index (χ3n) is 3.03. The Balaban J connectivity index is 2.20. The van der Waals surface area contributed by atoms with Crippen LogP contribution in [0.1, 0.15) is 24.2 Å². The van der Waals surface area contributed by atoms with Crippen LogP contribution in [0.15, 0.2) is 36.5 Å². The summed E-state index contributed by atoms with van der Waals surface area (Å²) in [5.74, 6) is 0.743. The van der Waals surface area contributed by atoms with Crippen molar-refractivity contribution in [2.24, 2.45) is 0 Å². The molecule has 1 heterocycles. The van der Waals surface area contributed by atoms with Gasteiger partial charge in [-0.15, -0.1) is 0 Å². The maximum atomic E-state index is 5.70. The van der Waals surface area contributed by atoms with E-state index in [1.807, 2.05) is 37.3 Å². The normalized spacial score (nSPS) is 11.9. The van der Waals surface area contributed by atoms with Crippen LogP contribution in [0.3, 0.4) is 0 Å². The van der Waals surface area contributed by atoms with Crippen LogP contribution in [-0.2, 0) is 0 Å². The van der Waals surface area contributed by atoms with Crippen LogP contribution in [0, 0.1) is 6.92 Å². The van der Waals surface area contributed by atoms with Crippen molar-refractivity contribution in [1.29, 1.82) is 0 Å². The summed E-state index contributed by atoms with van der Waals surface area (Å²) in [6, 6.07) is 10.00. The van der Waals surface area contributed by atoms with Gasteiger partial charge in [-0.2, -0.15) is 0 Å². The minimum absolute atomic E-state index is 0.163. The Morgan fingerprint density at radius 2 is 1.95 bits per heavy atom. The molecule has 1 aromatic carbocycles. The van der Waals surface area contributed by atoms with Gasteiger partial charge < -0.3 is 15.8 Å². The van der Waals surface area contributed by atoms with Gasteiger partial charge in [-0.05, 0) is 37.6 Å². The Bertz CT molecular complexity index is 552. The average molecular weight is 257 g/mol. The zero-order chi connectivity index (χ0) is 13.8. The van der Waals surface area contributed by atoms with Gasteiger partial charge in [-0.3, -0.25) is 4.98 Å². The van der Waals surface area contributed by atoms with Crippen molar-refractivity contribution in [2.75, 3.05) is 18.2 Å². The molecule has 0 aliphatic carbocycles. The summed E-state index contributed by atoms with van der Waals surface area (Å²) < 4.78 is 5.31. The number of nitrogens with two attached hydrogens (primary N) is 1. The highest BCUT2D eigenvalue weighted by Gasteiger charge is 2.09. The van der Waals surface area contributed by atoms with Crippen LogP contribution in [0.2, 0.25) is 0 Å². The Morgan fingerprint density at radius 3 is 2.58 bits per heavy atom. The van der Waals surface area contributed by atoms with Crippen molar-refractivity contribution in [2.45, 2.75) is 19.9 Å². The summed E-state index contributed by atoms with van der Waals surface area (Å²) in [5, 5.41) is 3.43. The number of pyridine rings is 1. The molecule has 19 heavy (non-hydrogen) atoms. The summed E-state index contributed by atoms with van der Waals surface area (Å²) in [4.78, 5) is 4.22. The first-order valence-electron chi connectivity index (χ1n) is 6.22. The summed E-state index contributed by atoms with van der Waals surface area (Å²) in [5.41, 5.74) is 9.54. The van der Waals surface area contributed by atoms with Crippen LogP contribution in [0.4, 0.5) is 11.4 Å². The first-order valence-corrected chi connectivity index (χ1v) is 6.22. The minimum Gasteiger partial charge on any atom is -0.493 e. The van der Waals surface area contributed by atoms with E-state index in [2.05, 4.69) is 17.2 Å². The molecule has 0 radical (unpaired) electrons. The van der Waals surface area contributed by atoms with E-state index >= 15 is 0 Å². The molecule has 1 aromatic heterocycles. The molecular weight excluding hydrogens is 238 g/mol. The molecule has 0 saturated heterocycles. The highest BCUT2D eigenvalue weighted by atomic mass is 16.5. The number of hydrogen-bond donors (Lipinski definition) is 2. The highest BCUT2D eigenvalue weighted by molar-refractivity contribution is 5.57. The molecule has 0 amide bonds. The van der Waals surface area contributed by atoms with Crippen molar-refractivity contribution in [3.05, 3.63) is 47.8 Å². The fraction of sp³-hybridized carbons (Fsp3) is 0.267. The molecular formula is C15H19N3O. The molecule has 2 aromatic rings. The number of aryl methyl sites for hydroxylation is 1. The van der Waals surface area contributed by atoms with E-state index in [4.69, 9.17) is 10.5 Å². The second kappa shape index (κ2) is 5.61. The number of methoxy groups -OCH3 is 1. The van der Waals surface area contributed by atoms with Crippen molar-refractivity contribution >= 4 is 11.4 Å². The molecule has 3 N–H and O–H groups in total. The van der Waals surface area contributed by atoms with E-state index in [1.165, 1.54) is 5.56 Å². The fourth-order valence-electron chi connectivity index (χ4n) is 1.92. The summed E-state index contributed by atoms with van der Waals surface area (Å²) >= 11 is 0. The largest absolute Gasteiger partial charge is 0.493 e. The molecule has 2 rings (SSSR count). The van der Waals surface area contributed by atoms with Crippen LogP contribution in [0.25, 0.3) is 0 Å². The first kappa shape index (κ1) is 13.2. The van der Waals surface area contributed by atoms with Crippen LogP contribution < -0.4 is 15.8 Å². The number of hydrogen-bond acceptors (Lipinski definition) is 4. The molecule has 4 nitrogen and oxygen atoms in total. The van der Waals surface area contributed by atoms with Crippen LogP contribution >= 0.6 is 0 Å². The van der Waals surface area contributed by atoms with E-state index in [0.717, 1.165) is 22.8 Å². The number of ether oxygens (including phenoxy) is 1. The van der Waals surface area contributed by atoms with Crippen molar-refractivity contribution < 1.29 is 4.74 Å².